The predicted octanol–water partition coefficient (Wildman–Crippen LogP) is 2.57. The molecule has 2 aromatic rings. The van der Waals surface area contributed by atoms with E-state index in [1.807, 2.05) is 37.3 Å². The molecule has 0 bridgehead atoms. The fourth-order valence-electron chi connectivity index (χ4n) is 2.54. The number of hydrogen-bond donors (Lipinski definition) is 1. The van der Waals surface area contributed by atoms with Crippen LogP contribution in [0.4, 0.5) is 5.69 Å². The number of nitrogens with one attached hydrogen (secondary N) is 1. The Morgan fingerprint density at radius 1 is 1.10 bits per heavy atom. The summed E-state index contributed by atoms with van der Waals surface area (Å²) in [6.45, 7) is 3.16. The molecule has 2 aromatic carbocycles. The highest BCUT2D eigenvalue weighted by Crippen LogP contribution is 2.21. The Bertz CT molecular complexity index is 870. The van der Waals surface area contributed by atoms with E-state index in [1.54, 1.807) is 24.3 Å². The molecule has 8 heteroatoms. The summed E-state index contributed by atoms with van der Waals surface area (Å²) in [6, 6.07) is 16.4. The molecule has 0 aliphatic rings. The lowest BCUT2D eigenvalue weighted by atomic mass is 10.2. The van der Waals surface area contributed by atoms with E-state index in [0.717, 1.165) is 11.8 Å². The molecule has 1 amide bonds. The van der Waals surface area contributed by atoms with E-state index in [0.29, 0.717) is 37.6 Å². The normalized spacial score (nSPS) is 12.2. The highest BCUT2D eigenvalue weighted by atomic mass is 32.2. The highest BCUT2D eigenvalue weighted by molar-refractivity contribution is 7.92. The smallest absolute Gasteiger partial charge is 0.261 e. The van der Waals surface area contributed by atoms with Crippen LogP contribution in [-0.2, 0) is 26.2 Å². The number of ether oxygens (including phenoxy) is 2. The molecule has 1 N–H and O–H groups in total. The lowest BCUT2D eigenvalue weighted by Crippen LogP contribution is -2.39. The molecule has 7 nitrogen and oxygen atoms in total. The van der Waals surface area contributed by atoms with Gasteiger partial charge in [0.25, 0.3) is 5.91 Å². The standard InChI is InChI=1S/C21H28N2O5S/c1-4-20(21(24)22-14-15-27-16-17-8-6-5-7-9-17)28-19-12-10-18(11-13-19)23(2)29(3,25)26/h5-13,20H,4,14-16H2,1-3H3,(H,22,24)/t20-/m0/s1. The summed E-state index contributed by atoms with van der Waals surface area (Å²) in [5, 5.41) is 2.81. The summed E-state index contributed by atoms with van der Waals surface area (Å²) in [6.07, 6.45) is 1.00. The van der Waals surface area contributed by atoms with Gasteiger partial charge in [0.2, 0.25) is 10.0 Å². The van der Waals surface area contributed by atoms with Crippen LogP contribution in [-0.4, -0.2) is 46.9 Å². The number of anilines is 1. The van der Waals surface area contributed by atoms with E-state index in [2.05, 4.69) is 5.32 Å². The number of rotatable bonds is 11. The van der Waals surface area contributed by atoms with E-state index < -0.39 is 16.1 Å². The van der Waals surface area contributed by atoms with Crippen LogP contribution in [0.2, 0.25) is 0 Å². The summed E-state index contributed by atoms with van der Waals surface area (Å²) in [5.74, 6) is 0.283. The quantitative estimate of drug-likeness (QED) is 0.565. The number of carbonyl (C=O) groups excluding carboxylic acids is 1. The van der Waals surface area contributed by atoms with Gasteiger partial charge in [0.05, 0.1) is 25.2 Å². The maximum Gasteiger partial charge on any atom is 0.261 e. The minimum absolute atomic E-state index is 0.215. The van der Waals surface area contributed by atoms with Crippen molar-refractivity contribution in [1.29, 1.82) is 0 Å². The molecule has 0 aliphatic carbocycles. The Morgan fingerprint density at radius 3 is 2.34 bits per heavy atom. The van der Waals surface area contributed by atoms with Crippen LogP contribution in [0, 0.1) is 0 Å². The van der Waals surface area contributed by atoms with E-state index >= 15 is 0 Å². The second-order valence-corrected chi connectivity index (χ2v) is 8.58. The van der Waals surface area contributed by atoms with Gasteiger partial charge in [0.15, 0.2) is 6.10 Å². The molecule has 2 rings (SSSR count). The number of sulfonamides is 1. The van der Waals surface area contributed by atoms with Crippen LogP contribution >= 0.6 is 0 Å². The molecule has 0 radical (unpaired) electrons. The van der Waals surface area contributed by atoms with Gasteiger partial charge >= 0.3 is 0 Å². The van der Waals surface area contributed by atoms with Gasteiger partial charge in [-0.3, -0.25) is 9.10 Å². The second-order valence-electron chi connectivity index (χ2n) is 6.57. The molecule has 0 aromatic heterocycles. The van der Waals surface area contributed by atoms with Crippen LogP contribution < -0.4 is 14.4 Å². The Kier molecular flexibility index (Phi) is 8.48. The van der Waals surface area contributed by atoms with E-state index in [1.165, 1.54) is 11.4 Å². The minimum Gasteiger partial charge on any atom is -0.481 e. The number of nitrogens with zero attached hydrogens (tertiary/aromatic N) is 1. The molecule has 0 saturated carbocycles. The van der Waals surface area contributed by atoms with Gasteiger partial charge in [0, 0.05) is 13.6 Å². The molecule has 29 heavy (non-hydrogen) atoms. The first kappa shape index (κ1) is 22.7. The van der Waals surface area contributed by atoms with E-state index in [-0.39, 0.29) is 5.91 Å². The Balaban J connectivity index is 1.78. The SMILES string of the molecule is CC[C@H](Oc1ccc(N(C)S(C)(=O)=O)cc1)C(=O)NCCOCc1ccccc1. The molecule has 158 valence electrons. The fourth-order valence-corrected chi connectivity index (χ4v) is 3.04. The lowest BCUT2D eigenvalue weighted by Gasteiger charge is -2.19. The third-order valence-corrected chi connectivity index (χ3v) is 5.50. The Labute approximate surface area is 172 Å². The van der Waals surface area contributed by atoms with Crippen LogP contribution in [0.3, 0.4) is 0 Å². The number of hydrogen-bond acceptors (Lipinski definition) is 5. The minimum atomic E-state index is -3.33. The number of amides is 1. The monoisotopic (exact) mass is 420 g/mol. The number of carbonyl (C=O) groups is 1. The molecular weight excluding hydrogens is 392 g/mol. The van der Waals surface area contributed by atoms with Crippen molar-refractivity contribution in [2.24, 2.45) is 0 Å². The Morgan fingerprint density at radius 2 is 1.76 bits per heavy atom. The van der Waals surface area contributed by atoms with Gasteiger partial charge in [-0.05, 0) is 36.2 Å². The van der Waals surface area contributed by atoms with Crippen LogP contribution in [0.15, 0.2) is 54.6 Å². The summed E-state index contributed by atoms with van der Waals surface area (Å²) in [4.78, 5) is 12.3. The number of benzene rings is 2. The van der Waals surface area contributed by atoms with Gasteiger partial charge < -0.3 is 14.8 Å². The van der Waals surface area contributed by atoms with Crippen molar-refractivity contribution >= 4 is 21.6 Å². The van der Waals surface area contributed by atoms with Crippen LogP contribution in [0.1, 0.15) is 18.9 Å². The van der Waals surface area contributed by atoms with Crippen molar-refractivity contribution in [1.82, 2.24) is 5.32 Å². The van der Waals surface area contributed by atoms with Crippen LogP contribution in [0.25, 0.3) is 0 Å². The first-order chi connectivity index (χ1) is 13.8. The van der Waals surface area contributed by atoms with Gasteiger partial charge in [-0.1, -0.05) is 37.3 Å². The predicted molar refractivity (Wildman–Crippen MR) is 114 cm³/mol. The molecular formula is C21H28N2O5S. The topological polar surface area (TPSA) is 84.9 Å². The third kappa shape index (κ3) is 7.40. The highest BCUT2D eigenvalue weighted by Gasteiger charge is 2.18. The molecule has 0 fully saturated rings. The summed E-state index contributed by atoms with van der Waals surface area (Å²) >= 11 is 0. The Hall–Kier alpha value is -2.58. The molecule has 1 atom stereocenters. The van der Waals surface area contributed by atoms with E-state index in [4.69, 9.17) is 9.47 Å². The van der Waals surface area contributed by atoms with Crippen molar-refractivity contribution in [3.05, 3.63) is 60.2 Å². The molecule has 0 unspecified atom stereocenters. The largest absolute Gasteiger partial charge is 0.481 e. The third-order valence-electron chi connectivity index (χ3n) is 4.30. The van der Waals surface area contributed by atoms with Gasteiger partial charge in [-0.25, -0.2) is 8.42 Å². The van der Waals surface area contributed by atoms with Gasteiger partial charge in [-0.2, -0.15) is 0 Å². The zero-order valence-electron chi connectivity index (χ0n) is 17.0. The average Bonchev–Trinajstić information content (AvgIpc) is 2.71. The first-order valence-corrected chi connectivity index (χ1v) is 11.3. The van der Waals surface area contributed by atoms with Crippen molar-refractivity contribution in [3.63, 3.8) is 0 Å². The zero-order chi connectivity index (χ0) is 21.3. The van der Waals surface area contributed by atoms with Crippen molar-refractivity contribution in [3.8, 4) is 5.75 Å². The maximum atomic E-state index is 12.3. The summed E-state index contributed by atoms with van der Waals surface area (Å²) in [5.41, 5.74) is 1.60. The fraction of sp³-hybridized carbons (Fsp3) is 0.381. The van der Waals surface area contributed by atoms with Crippen molar-refractivity contribution in [2.75, 3.05) is 30.8 Å². The maximum absolute atomic E-state index is 12.3. The van der Waals surface area contributed by atoms with E-state index in [9.17, 15) is 13.2 Å². The molecule has 0 heterocycles. The molecule has 0 aliphatic heterocycles. The first-order valence-electron chi connectivity index (χ1n) is 9.41. The summed E-state index contributed by atoms with van der Waals surface area (Å²) in [7, 11) is -1.85. The van der Waals surface area contributed by atoms with Crippen molar-refractivity contribution in [2.45, 2.75) is 26.1 Å². The molecule has 0 spiro atoms. The van der Waals surface area contributed by atoms with Gasteiger partial charge in [-0.15, -0.1) is 0 Å². The lowest BCUT2D eigenvalue weighted by molar-refractivity contribution is -0.128. The average molecular weight is 421 g/mol. The van der Waals surface area contributed by atoms with Gasteiger partial charge in [0.1, 0.15) is 5.75 Å². The second kappa shape index (κ2) is 10.8. The zero-order valence-corrected chi connectivity index (χ0v) is 17.8. The van der Waals surface area contributed by atoms with Crippen molar-refractivity contribution < 1.29 is 22.7 Å². The molecule has 0 saturated heterocycles. The van der Waals surface area contributed by atoms with Crippen LogP contribution in [0.5, 0.6) is 5.75 Å². The summed E-state index contributed by atoms with van der Waals surface area (Å²) < 4.78 is 35.7.